The van der Waals surface area contributed by atoms with E-state index in [1.54, 1.807) is 31.1 Å². The molecule has 0 radical (unpaired) electrons. The fraction of sp³-hybridized carbons (Fsp3) is 0.364. The van der Waals surface area contributed by atoms with Gasteiger partial charge in [0.1, 0.15) is 0 Å². The molecule has 0 aromatic heterocycles. The van der Waals surface area contributed by atoms with Crippen molar-refractivity contribution in [3.63, 3.8) is 0 Å². The van der Waals surface area contributed by atoms with Crippen LogP contribution in [0.4, 0.5) is 11.4 Å². The minimum absolute atomic E-state index is 0.0230. The number of nitrogens with zero attached hydrogens (tertiary/aromatic N) is 1. The van der Waals surface area contributed by atoms with Crippen molar-refractivity contribution in [1.82, 2.24) is 0 Å². The van der Waals surface area contributed by atoms with Crippen molar-refractivity contribution in [3.05, 3.63) is 22.2 Å². The molecular weight excluding hydrogens is 247 g/mol. The second-order valence-corrected chi connectivity index (χ2v) is 4.15. The van der Waals surface area contributed by atoms with Crippen LogP contribution in [-0.2, 0) is 4.79 Å². The van der Waals surface area contributed by atoms with Gasteiger partial charge in [0, 0.05) is 20.5 Å². The molecule has 0 aliphatic heterocycles. The van der Waals surface area contributed by atoms with Crippen molar-refractivity contribution in [2.75, 3.05) is 24.3 Å². The highest BCUT2D eigenvalue weighted by Gasteiger charge is 2.14. The Morgan fingerprint density at radius 2 is 1.94 bits per heavy atom. The third kappa shape index (κ3) is 2.60. The van der Waals surface area contributed by atoms with Gasteiger partial charge in [0.15, 0.2) is 0 Å². The first-order valence-electron chi connectivity index (χ1n) is 4.94. The lowest BCUT2D eigenvalue weighted by molar-refractivity contribution is -0.118. The highest BCUT2D eigenvalue weighted by molar-refractivity contribution is 6.42. The number of hydrogen-bond acceptors (Lipinski definition) is 2. The van der Waals surface area contributed by atoms with E-state index in [0.29, 0.717) is 16.5 Å². The van der Waals surface area contributed by atoms with Crippen LogP contribution in [0.5, 0.6) is 0 Å². The number of halogens is 2. The molecule has 0 heterocycles. The van der Waals surface area contributed by atoms with Gasteiger partial charge >= 0.3 is 0 Å². The van der Waals surface area contributed by atoms with E-state index in [-0.39, 0.29) is 5.91 Å². The fourth-order valence-electron chi connectivity index (χ4n) is 1.39. The van der Waals surface area contributed by atoms with Crippen LogP contribution in [-0.4, -0.2) is 20.0 Å². The predicted octanol–water partition coefficient (Wildman–Crippen LogP) is 3.41. The van der Waals surface area contributed by atoms with Crippen LogP contribution >= 0.6 is 23.2 Å². The summed E-state index contributed by atoms with van der Waals surface area (Å²) in [5.41, 5.74) is 1.50. The highest BCUT2D eigenvalue weighted by atomic mass is 35.5. The first-order valence-corrected chi connectivity index (χ1v) is 5.70. The maximum atomic E-state index is 11.6. The molecule has 0 aliphatic carbocycles. The third-order valence-corrected chi connectivity index (χ3v) is 3.07. The maximum Gasteiger partial charge on any atom is 0.226 e. The zero-order valence-corrected chi connectivity index (χ0v) is 11.0. The average Bonchev–Trinajstić information content (AvgIpc) is 2.30. The number of benzene rings is 1. The maximum absolute atomic E-state index is 11.6. The normalized spacial score (nSPS) is 10.1. The highest BCUT2D eigenvalue weighted by Crippen LogP contribution is 2.34. The summed E-state index contributed by atoms with van der Waals surface area (Å²) in [6.07, 6.45) is 0.444. The predicted molar refractivity (Wildman–Crippen MR) is 69.7 cm³/mol. The van der Waals surface area contributed by atoms with E-state index in [0.717, 1.165) is 11.4 Å². The molecule has 1 aromatic rings. The quantitative estimate of drug-likeness (QED) is 0.904. The Kier molecular flexibility index (Phi) is 4.44. The molecule has 1 aromatic carbocycles. The van der Waals surface area contributed by atoms with Gasteiger partial charge in [-0.1, -0.05) is 30.1 Å². The third-order valence-electron chi connectivity index (χ3n) is 2.35. The van der Waals surface area contributed by atoms with Gasteiger partial charge in [0.2, 0.25) is 5.91 Å². The first-order chi connectivity index (χ1) is 7.51. The molecule has 0 saturated carbocycles. The van der Waals surface area contributed by atoms with Crippen LogP contribution in [0, 0.1) is 0 Å². The number of nitrogens with one attached hydrogen (secondary N) is 1. The minimum Gasteiger partial charge on any atom is -0.386 e. The molecule has 3 nitrogen and oxygen atoms in total. The number of amides is 1. The molecule has 0 unspecified atom stereocenters. The van der Waals surface area contributed by atoms with Gasteiger partial charge in [-0.25, -0.2) is 0 Å². The van der Waals surface area contributed by atoms with Crippen molar-refractivity contribution in [1.29, 1.82) is 0 Å². The van der Waals surface area contributed by atoms with Gasteiger partial charge in [-0.15, -0.1) is 0 Å². The molecule has 0 saturated heterocycles. The molecule has 88 valence electrons. The van der Waals surface area contributed by atoms with Crippen LogP contribution in [0.3, 0.4) is 0 Å². The lowest BCUT2D eigenvalue weighted by Gasteiger charge is -2.20. The molecule has 0 aliphatic rings. The summed E-state index contributed by atoms with van der Waals surface area (Å²) in [6, 6.07) is 3.39. The number of anilines is 2. The summed E-state index contributed by atoms with van der Waals surface area (Å²) < 4.78 is 0. The van der Waals surface area contributed by atoms with Gasteiger partial charge in [0.05, 0.1) is 21.4 Å². The molecule has 16 heavy (non-hydrogen) atoms. The summed E-state index contributed by atoms with van der Waals surface area (Å²) >= 11 is 11.8. The summed E-state index contributed by atoms with van der Waals surface area (Å²) in [5.74, 6) is 0.0230. The summed E-state index contributed by atoms with van der Waals surface area (Å²) in [4.78, 5) is 13.2. The van der Waals surface area contributed by atoms with Gasteiger partial charge in [-0.2, -0.15) is 0 Å². The fourth-order valence-corrected chi connectivity index (χ4v) is 1.71. The number of hydrogen-bond donors (Lipinski definition) is 1. The van der Waals surface area contributed by atoms with Crippen LogP contribution in [0.15, 0.2) is 12.1 Å². The SMILES string of the molecule is CCC(=O)N(C)c1cc(Cl)c(Cl)cc1NC. The zero-order chi connectivity index (χ0) is 12.3. The molecule has 0 spiro atoms. The van der Waals surface area contributed by atoms with Gasteiger partial charge < -0.3 is 10.2 Å². The molecular formula is C11H14Cl2N2O. The van der Waals surface area contributed by atoms with Crippen LogP contribution in [0.2, 0.25) is 10.0 Å². The molecule has 1 rings (SSSR count). The van der Waals surface area contributed by atoms with Crippen LogP contribution in [0.25, 0.3) is 0 Å². The van der Waals surface area contributed by atoms with Gasteiger partial charge in [-0.3, -0.25) is 4.79 Å². The molecule has 0 fully saturated rings. The molecule has 0 bridgehead atoms. The Morgan fingerprint density at radius 1 is 1.38 bits per heavy atom. The van der Waals surface area contributed by atoms with E-state index in [1.807, 2.05) is 6.92 Å². The van der Waals surface area contributed by atoms with Gasteiger partial charge in [-0.05, 0) is 12.1 Å². The summed E-state index contributed by atoms with van der Waals surface area (Å²) in [7, 11) is 3.49. The zero-order valence-electron chi connectivity index (χ0n) is 9.47. The van der Waals surface area contributed by atoms with E-state index in [1.165, 1.54) is 0 Å². The van der Waals surface area contributed by atoms with E-state index < -0.39 is 0 Å². The largest absolute Gasteiger partial charge is 0.386 e. The Labute approximate surface area is 105 Å². The number of carbonyl (C=O) groups is 1. The van der Waals surface area contributed by atoms with Crippen molar-refractivity contribution < 1.29 is 4.79 Å². The standard InChI is InChI=1S/C11H14Cl2N2O/c1-4-11(16)15(3)10-6-8(13)7(12)5-9(10)14-2/h5-6,14H,4H2,1-3H3. The second-order valence-electron chi connectivity index (χ2n) is 3.34. The van der Waals surface area contributed by atoms with E-state index in [9.17, 15) is 4.79 Å². The van der Waals surface area contributed by atoms with E-state index in [2.05, 4.69) is 5.32 Å². The Hall–Kier alpha value is -0.930. The Morgan fingerprint density at radius 3 is 2.44 bits per heavy atom. The Bertz CT molecular complexity index is 407. The van der Waals surface area contributed by atoms with E-state index in [4.69, 9.17) is 23.2 Å². The summed E-state index contributed by atoms with van der Waals surface area (Å²) in [6.45, 7) is 1.81. The van der Waals surface area contributed by atoms with Crippen molar-refractivity contribution in [3.8, 4) is 0 Å². The average molecular weight is 261 g/mol. The Balaban J connectivity index is 3.21. The van der Waals surface area contributed by atoms with Crippen molar-refractivity contribution in [2.45, 2.75) is 13.3 Å². The van der Waals surface area contributed by atoms with Gasteiger partial charge in [0.25, 0.3) is 0 Å². The molecule has 0 atom stereocenters. The second kappa shape index (κ2) is 5.41. The number of rotatable bonds is 3. The monoisotopic (exact) mass is 260 g/mol. The first kappa shape index (κ1) is 13.1. The molecule has 1 N–H and O–H groups in total. The van der Waals surface area contributed by atoms with Crippen molar-refractivity contribution >= 4 is 40.5 Å². The smallest absolute Gasteiger partial charge is 0.226 e. The minimum atomic E-state index is 0.0230. The summed E-state index contributed by atoms with van der Waals surface area (Å²) in [5, 5.41) is 3.89. The molecule has 5 heteroatoms. The van der Waals surface area contributed by atoms with Crippen LogP contribution < -0.4 is 10.2 Å². The molecule has 1 amide bonds. The lowest BCUT2D eigenvalue weighted by atomic mass is 10.2. The topological polar surface area (TPSA) is 32.3 Å². The lowest BCUT2D eigenvalue weighted by Crippen LogP contribution is -2.25. The van der Waals surface area contributed by atoms with E-state index >= 15 is 0 Å². The van der Waals surface area contributed by atoms with Crippen LogP contribution in [0.1, 0.15) is 13.3 Å². The number of carbonyl (C=O) groups excluding carboxylic acids is 1. The van der Waals surface area contributed by atoms with Crippen molar-refractivity contribution in [2.24, 2.45) is 0 Å².